The zero-order chi connectivity index (χ0) is 21.5. The minimum atomic E-state index is -0.667. The van der Waals surface area contributed by atoms with Crippen LogP contribution >= 0.6 is 15.9 Å². The number of carbonyl (C=O) groups excluding carboxylic acids is 1. The molecule has 8 nitrogen and oxygen atoms in total. The zero-order valence-electron chi connectivity index (χ0n) is 16.6. The second kappa shape index (κ2) is 7.73. The van der Waals surface area contributed by atoms with Gasteiger partial charge in [-0.25, -0.2) is 4.79 Å². The van der Waals surface area contributed by atoms with E-state index in [0.717, 1.165) is 34.0 Å². The Morgan fingerprint density at radius 2 is 2.13 bits per heavy atom. The lowest BCUT2D eigenvalue weighted by Gasteiger charge is -2.26. The highest BCUT2D eigenvalue weighted by Crippen LogP contribution is 2.33. The number of para-hydroxylation sites is 1. The number of halogens is 1. The van der Waals surface area contributed by atoms with E-state index in [1.807, 2.05) is 35.9 Å². The van der Waals surface area contributed by atoms with Gasteiger partial charge in [0.15, 0.2) is 5.82 Å². The average Bonchev–Trinajstić information content (AvgIpc) is 3.30. The molecule has 1 fully saturated rings. The van der Waals surface area contributed by atoms with Crippen molar-refractivity contribution in [1.82, 2.24) is 14.7 Å². The monoisotopic (exact) mass is 482 g/mol. The molecule has 2 N–H and O–H groups in total. The predicted molar refractivity (Wildman–Crippen MR) is 119 cm³/mol. The van der Waals surface area contributed by atoms with E-state index in [4.69, 9.17) is 4.74 Å². The highest BCUT2D eigenvalue weighted by atomic mass is 79.9. The molecule has 31 heavy (non-hydrogen) atoms. The van der Waals surface area contributed by atoms with Crippen molar-refractivity contribution in [2.75, 3.05) is 5.32 Å². The molecule has 2 aromatic heterocycles. The van der Waals surface area contributed by atoms with Crippen LogP contribution in [0.5, 0.6) is 5.75 Å². The molecular weight excluding hydrogens is 464 g/mol. The number of fused-ring (bicyclic) bond motifs is 1. The Balaban J connectivity index is 1.49. The normalized spacial score (nSPS) is 13.9. The molecule has 2 aromatic carbocycles. The molecule has 158 valence electrons. The molecule has 1 amide bonds. The topological polar surface area (TPSA) is 102 Å². The molecule has 5 rings (SSSR count). The van der Waals surface area contributed by atoms with E-state index in [1.54, 1.807) is 18.2 Å². The van der Waals surface area contributed by atoms with Crippen molar-refractivity contribution in [1.29, 1.82) is 0 Å². The van der Waals surface area contributed by atoms with E-state index in [-0.39, 0.29) is 17.8 Å². The minimum absolute atomic E-state index is 0.231. The number of aryl methyl sites for hydroxylation is 1. The molecule has 9 heteroatoms. The molecule has 0 spiro atoms. The summed E-state index contributed by atoms with van der Waals surface area (Å²) in [6, 6.07) is 13.0. The van der Waals surface area contributed by atoms with Gasteiger partial charge in [-0.2, -0.15) is 0 Å². The molecule has 0 radical (unpaired) electrons. The Kier molecular flexibility index (Phi) is 4.90. The van der Waals surface area contributed by atoms with Gasteiger partial charge in [0.1, 0.15) is 11.4 Å². The third kappa shape index (κ3) is 3.65. The summed E-state index contributed by atoms with van der Waals surface area (Å²) in [6.07, 6.45) is 3.55. The number of carbonyl (C=O) groups is 1. The van der Waals surface area contributed by atoms with Gasteiger partial charge in [-0.1, -0.05) is 33.2 Å². The van der Waals surface area contributed by atoms with Crippen LogP contribution in [0.25, 0.3) is 22.3 Å². The number of amides is 1. The number of rotatable bonds is 5. The lowest BCUT2D eigenvalue weighted by atomic mass is 9.96. The number of hydrogen-bond donors (Lipinski definition) is 2. The molecule has 1 aliphatic rings. The summed E-state index contributed by atoms with van der Waals surface area (Å²) in [5.41, 5.74) is 2.40. The number of anilines is 1. The van der Waals surface area contributed by atoms with Crippen LogP contribution in [0, 0.1) is 0 Å². The predicted octanol–water partition coefficient (Wildman–Crippen LogP) is 4.47. The van der Waals surface area contributed by atoms with Crippen LogP contribution in [-0.4, -0.2) is 26.7 Å². The lowest BCUT2D eigenvalue weighted by Crippen LogP contribution is -2.24. The molecule has 0 saturated heterocycles. The van der Waals surface area contributed by atoms with Crippen molar-refractivity contribution in [3.63, 3.8) is 0 Å². The Hall–Kier alpha value is -3.33. The average molecular weight is 483 g/mol. The van der Waals surface area contributed by atoms with Crippen LogP contribution < -0.4 is 15.8 Å². The van der Waals surface area contributed by atoms with E-state index in [1.165, 1.54) is 6.42 Å². The maximum absolute atomic E-state index is 13.2. The summed E-state index contributed by atoms with van der Waals surface area (Å²) in [5, 5.41) is 7.59. The van der Waals surface area contributed by atoms with Gasteiger partial charge in [0.25, 0.3) is 5.91 Å². The fourth-order valence-electron chi connectivity index (χ4n) is 3.71. The Morgan fingerprint density at radius 3 is 2.84 bits per heavy atom. The third-order valence-electron chi connectivity index (χ3n) is 5.52. The molecular formula is C22H19BrN4O4. The van der Waals surface area contributed by atoms with Gasteiger partial charge in [-0.15, -0.1) is 0 Å². The first-order chi connectivity index (χ1) is 15.0. The number of aromatic nitrogens is 3. The zero-order valence-corrected chi connectivity index (χ0v) is 18.2. The van der Waals surface area contributed by atoms with Crippen LogP contribution in [0.4, 0.5) is 5.69 Å². The minimum Gasteiger partial charge on any atom is -0.488 e. The van der Waals surface area contributed by atoms with Crippen molar-refractivity contribution in [3.8, 4) is 17.1 Å². The Bertz CT molecular complexity index is 1350. The van der Waals surface area contributed by atoms with Crippen molar-refractivity contribution in [3.05, 3.63) is 63.2 Å². The summed E-state index contributed by atoms with van der Waals surface area (Å²) in [7, 11) is 1.85. The number of hydrogen-bond acceptors (Lipinski definition) is 5. The van der Waals surface area contributed by atoms with E-state index >= 15 is 0 Å². The van der Waals surface area contributed by atoms with Crippen LogP contribution in [0.2, 0.25) is 0 Å². The lowest BCUT2D eigenvalue weighted by molar-refractivity contribution is 0.101. The van der Waals surface area contributed by atoms with Crippen LogP contribution in [0.1, 0.15) is 29.8 Å². The van der Waals surface area contributed by atoms with Crippen molar-refractivity contribution >= 4 is 38.4 Å². The third-order valence-corrected chi connectivity index (χ3v) is 6.02. The van der Waals surface area contributed by atoms with Crippen molar-refractivity contribution in [2.24, 2.45) is 7.05 Å². The molecule has 4 aromatic rings. The highest BCUT2D eigenvalue weighted by Gasteiger charge is 2.23. The maximum Gasteiger partial charge on any atom is 0.439 e. The second-order valence-corrected chi connectivity index (χ2v) is 8.46. The maximum atomic E-state index is 13.2. The summed E-state index contributed by atoms with van der Waals surface area (Å²) in [4.78, 5) is 27.1. The van der Waals surface area contributed by atoms with E-state index < -0.39 is 5.76 Å². The first kappa shape index (κ1) is 19.6. The molecule has 0 bridgehead atoms. The van der Waals surface area contributed by atoms with Gasteiger partial charge in [0.2, 0.25) is 0 Å². The van der Waals surface area contributed by atoms with Gasteiger partial charge in [-0.05, 0) is 49.6 Å². The Morgan fingerprint density at radius 1 is 1.29 bits per heavy atom. The number of nitrogens with zero attached hydrogens (tertiary/aromatic N) is 2. The molecule has 2 heterocycles. The van der Waals surface area contributed by atoms with Gasteiger partial charge in [0, 0.05) is 22.5 Å². The fraction of sp³-hybridized carbons (Fsp3) is 0.227. The number of benzene rings is 2. The summed E-state index contributed by atoms with van der Waals surface area (Å²) < 4.78 is 13.4. The smallest absolute Gasteiger partial charge is 0.439 e. The number of nitrogens with one attached hydrogen (secondary N) is 2. The molecule has 0 atom stereocenters. The van der Waals surface area contributed by atoms with E-state index in [2.05, 4.69) is 35.9 Å². The standard InChI is InChI=1S/C22H19BrN4O4/c1-27-17(10-12-4-2-7-18(19(12)27)30-14-5-3-6-14)21(28)24-16-9-8-13(23)11-15(16)20-25-22(29)31-26-20/h2,4,7-11,14H,3,5-6H2,1H3,(H,24,28)(H,25,26,29). The molecule has 1 saturated carbocycles. The largest absolute Gasteiger partial charge is 0.488 e. The van der Waals surface area contributed by atoms with Crippen LogP contribution in [0.3, 0.4) is 0 Å². The van der Waals surface area contributed by atoms with Crippen molar-refractivity contribution < 1.29 is 14.1 Å². The number of ether oxygens (including phenoxy) is 1. The summed E-state index contributed by atoms with van der Waals surface area (Å²) >= 11 is 3.40. The summed E-state index contributed by atoms with van der Waals surface area (Å²) in [5.74, 6) is 0.0608. The number of H-pyrrole nitrogens is 1. The number of aromatic amines is 1. The first-order valence-corrected chi connectivity index (χ1v) is 10.7. The van der Waals surface area contributed by atoms with Crippen LogP contribution in [0.15, 0.2) is 56.3 Å². The Labute approximate surface area is 185 Å². The molecule has 0 unspecified atom stereocenters. The van der Waals surface area contributed by atoms with Gasteiger partial charge in [0.05, 0.1) is 17.3 Å². The van der Waals surface area contributed by atoms with E-state index in [9.17, 15) is 9.59 Å². The highest BCUT2D eigenvalue weighted by molar-refractivity contribution is 9.10. The van der Waals surface area contributed by atoms with Gasteiger partial charge in [-0.3, -0.25) is 14.3 Å². The van der Waals surface area contributed by atoms with E-state index in [0.29, 0.717) is 16.9 Å². The van der Waals surface area contributed by atoms with Crippen molar-refractivity contribution in [2.45, 2.75) is 25.4 Å². The first-order valence-electron chi connectivity index (χ1n) is 9.92. The second-order valence-electron chi connectivity index (χ2n) is 7.54. The SMILES string of the molecule is Cn1c(C(=O)Nc2ccc(Br)cc2-c2noc(=O)[nH]2)cc2cccc(OC3CCC3)c21. The van der Waals surface area contributed by atoms with Crippen LogP contribution in [-0.2, 0) is 7.05 Å². The molecule has 0 aliphatic heterocycles. The quantitative estimate of drug-likeness (QED) is 0.436. The van der Waals surface area contributed by atoms with Gasteiger partial charge >= 0.3 is 5.76 Å². The molecule has 1 aliphatic carbocycles. The summed E-state index contributed by atoms with van der Waals surface area (Å²) in [6.45, 7) is 0. The van der Waals surface area contributed by atoms with Gasteiger partial charge < -0.3 is 14.6 Å². The fourth-order valence-corrected chi connectivity index (χ4v) is 4.08.